The Hall–Kier alpha value is -2.73. The number of benzene rings is 2. The molecule has 0 aliphatic carbocycles. The fourth-order valence-electron chi connectivity index (χ4n) is 5.67. The van der Waals surface area contributed by atoms with E-state index in [1.54, 1.807) is 17.9 Å². The molecule has 0 aromatic heterocycles. The molecular formula is C30H41N3O7. The van der Waals surface area contributed by atoms with E-state index in [0.29, 0.717) is 18.7 Å². The Morgan fingerprint density at radius 1 is 1.00 bits per heavy atom. The molecule has 10 heteroatoms. The standard InChI is InChI=1S/C30H41N3O7/c1-17(2)22-12-23(24(34)13-25(22)40-30-28(37)27(36)26(35)18(3)39-30)29(38)33-15-20-6-5-19(11-21(20)16-33)14-32-9-7-31(4)8-10-32/h5-6,11-13,17-18,26-28,30,34-37H,7-10,14-16H2,1-4H3/t18-,26+,27+,28-,30-/m0/s1. The maximum Gasteiger partial charge on any atom is 0.258 e. The van der Waals surface area contributed by atoms with Gasteiger partial charge in [-0.05, 0) is 48.2 Å². The molecule has 10 nitrogen and oxygen atoms in total. The second-order valence-corrected chi connectivity index (χ2v) is 11.7. The van der Waals surface area contributed by atoms with Crippen molar-refractivity contribution in [1.82, 2.24) is 14.7 Å². The number of aromatic hydroxyl groups is 1. The van der Waals surface area contributed by atoms with Gasteiger partial charge in [-0.15, -0.1) is 0 Å². The van der Waals surface area contributed by atoms with Crippen LogP contribution in [-0.2, 0) is 24.4 Å². The first kappa shape index (κ1) is 28.8. The zero-order valence-corrected chi connectivity index (χ0v) is 23.7. The smallest absolute Gasteiger partial charge is 0.258 e. The van der Waals surface area contributed by atoms with Gasteiger partial charge in [0.05, 0.1) is 11.7 Å². The zero-order chi connectivity index (χ0) is 28.7. The molecule has 3 aliphatic heterocycles. The minimum Gasteiger partial charge on any atom is -0.507 e. The summed E-state index contributed by atoms with van der Waals surface area (Å²) in [6.45, 7) is 11.5. The number of phenols is 1. The summed E-state index contributed by atoms with van der Waals surface area (Å²) in [5.41, 5.74) is 4.30. The molecular weight excluding hydrogens is 514 g/mol. The van der Waals surface area contributed by atoms with Crippen LogP contribution in [0.25, 0.3) is 0 Å². The van der Waals surface area contributed by atoms with Crippen molar-refractivity contribution in [3.05, 3.63) is 58.1 Å². The topological polar surface area (TPSA) is 126 Å². The van der Waals surface area contributed by atoms with E-state index in [4.69, 9.17) is 9.47 Å². The summed E-state index contributed by atoms with van der Waals surface area (Å²) >= 11 is 0. The SMILES string of the molecule is CC(C)c1cc(C(=O)N2Cc3ccc(CN4CCN(C)CC4)cc3C2)c(O)cc1O[C@@H]1O[C@@H](C)[C@@H](O)[C@@H](O)[C@@H]1O. The first-order chi connectivity index (χ1) is 19.0. The number of ether oxygens (including phenoxy) is 2. The number of rotatable bonds is 6. The Balaban J connectivity index is 1.31. The highest BCUT2D eigenvalue weighted by molar-refractivity contribution is 5.97. The second-order valence-electron chi connectivity index (χ2n) is 11.7. The van der Waals surface area contributed by atoms with Crippen molar-refractivity contribution >= 4 is 5.91 Å². The van der Waals surface area contributed by atoms with Gasteiger partial charge in [-0.3, -0.25) is 9.69 Å². The van der Waals surface area contributed by atoms with Gasteiger partial charge >= 0.3 is 0 Å². The molecule has 2 fully saturated rings. The molecule has 4 N–H and O–H groups in total. The highest BCUT2D eigenvalue weighted by atomic mass is 16.7. The first-order valence-electron chi connectivity index (χ1n) is 14.1. The lowest BCUT2D eigenvalue weighted by Gasteiger charge is -2.39. The molecule has 0 bridgehead atoms. The molecule has 218 valence electrons. The third-order valence-corrected chi connectivity index (χ3v) is 8.31. The van der Waals surface area contributed by atoms with Crippen LogP contribution in [0.3, 0.4) is 0 Å². The maximum atomic E-state index is 13.6. The third kappa shape index (κ3) is 5.83. The summed E-state index contributed by atoms with van der Waals surface area (Å²) in [6, 6.07) is 9.43. The number of amides is 1. The van der Waals surface area contributed by atoms with Crippen molar-refractivity contribution in [3.63, 3.8) is 0 Å². The van der Waals surface area contributed by atoms with Crippen molar-refractivity contribution in [1.29, 1.82) is 0 Å². The summed E-state index contributed by atoms with van der Waals surface area (Å²) in [4.78, 5) is 20.1. The van der Waals surface area contributed by atoms with E-state index in [-0.39, 0.29) is 28.9 Å². The number of nitrogens with zero attached hydrogens (tertiary/aromatic N) is 3. The number of phenolic OH excluding ortho intramolecular Hbond substituents is 1. The maximum absolute atomic E-state index is 13.6. The van der Waals surface area contributed by atoms with Gasteiger partial charge in [0, 0.05) is 51.9 Å². The highest BCUT2D eigenvalue weighted by Crippen LogP contribution is 2.37. The van der Waals surface area contributed by atoms with Gasteiger partial charge in [-0.25, -0.2) is 0 Å². The van der Waals surface area contributed by atoms with Gasteiger partial charge in [0.15, 0.2) is 0 Å². The van der Waals surface area contributed by atoms with Crippen LogP contribution in [0.2, 0.25) is 0 Å². The number of hydrogen-bond donors (Lipinski definition) is 4. The van der Waals surface area contributed by atoms with Crippen molar-refractivity contribution in [2.24, 2.45) is 0 Å². The van der Waals surface area contributed by atoms with Crippen LogP contribution < -0.4 is 4.74 Å². The highest BCUT2D eigenvalue weighted by Gasteiger charge is 2.43. The van der Waals surface area contributed by atoms with E-state index < -0.39 is 30.7 Å². The van der Waals surface area contributed by atoms with Gasteiger partial charge in [0.2, 0.25) is 6.29 Å². The molecule has 3 aliphatic rings. The summed E-state index contributed by atoms with van der Waals surface area (Å²) in [7, 11) is 2.15. The largest absolute Gasteiger partial charge is 0.507 e. The lowest BCUT2D eigenvalue weighted by atomic mass is 9.97. The molecule has 0 radical (unpaired) electrons. The van der Waals surface area contributed by atoms with Crippen molar-refractivity contribution in [2.45, 2.75) is 77.0 Å². The van der Waals surface area contributed by atoms with Gasteiger partial charge in [0.1, 0.15) is 29.8 Å². The van der Waals surface area contributed by atoms with Crippen molar-refractivity contribution < 1.29 is 34.7 Å². The number of likely N-dealkylation sites (N-methyl/N-ethyl adjacent to an activating group) is 1. The second kappa shape index (κ2) is 11.6. The number of fused-ring (bicyclic) bond motifs is 1. The summed E-state index contributed by atoms with van der Waals surface area (Å²) in [6.07, 6.45) is -6.19. The Morgan fingerprint density at radius 3 is 2.40 bits per heavy atom. The normalized spacial score (nSPS) is 27.7. The Bertz CT molecular complexity index is 1230. The van der Waals surface area contributed by atoms with E-state index >= 15 is 0 Å². The van der Waals surface area contributed by atoms with Crippen LogP contribution in [0.1, 0.15) is 59.3 Å². The van der Waals surface area contributed by atoms with Gasteiger partial charge in [-0.2, -0.15) is 0 Å². The van der Waals surface area contributed by atoms with E-state index in [9.17, 15) is 25.2 Å². The number of carbonyl (C=O) groups excluding carboxylic acids is 1. The van der Waals surface area contributed by atoms with Crippen LogP contribution in [-0.4, -0.2) is 105 Å². The summed E-state index contributed by atoms with van der Waals surface area (Å²) < 4.78 is 11.5. The van der Waals surface area contributed by atoms with Gasteiger partial charge in [0.25, 0.3) is 5.91 Å². The van der Waals surface area contributed by atoms with Gasteiger partial charge in [-0.1, -0.05) is 32.0 Å². The number of aliphatic hydroxyl groups is 3. The molecule has 0 saturated carbocycles. The predicted octanol–water partition coefficient (Wildman–Crippen LogP) is 1.63. The molecule has 2 saturated heterocycles. The van der Waals surface area contributed by atoms with Crippen LogP contribution in [0, 0.1) is 0 Å². The van der Waals surface area contributed by atoms with Crippen molar-refractivity contribution in [2.75, 3.05) is 33.2 Å². The van der Waals surface area contributed by atoms with Crippen LogP contribution in [0.15, 0.2) is 30.3 Å². The fraction of sp³-hybridized carbons (Fsp3) is 0.567. The number of hydrogen-bond acceptors (Lipinski definition) is 9. The fourth-order valence-corrected chi connectivity index (χ4v) is 5.67. The Labute approximate surface area is 235 Å². The molecule has 0 spiro atoms. The molecule has 2 aromatic rings. The number of carbonyl (C=O) groups is 1. The third-order valence-electron chi connectivity index (χ3n) is 8.31. The van der Waals surface area contributed by atoms with Crippen LogP contribution in [0.5, 0.6) is 11.5 Å². The molecule has 40 heavy (non-hydrogen) atoms. The van der Waals surface area contributed by atoms with Crippen LogP contribution >= 0.6 is 0 Å². The van der Waals surface area contributed by atoms with E-state index in [1.807, 2.05) is 13.8 Å². The average Bonchev–Trinajstić information content (AvgIpc) is 3.35. The summed E-state index contributed by atoms with van der Waals surface area (Å²) in [5, 5.41) is 41.4. The molecule has 1 amide bonds. The lowest BCUT2D eigenvalue weighted by molar-refractivity contribution is -0.268. The van der Waals surface area contributed by atoms with Crippen molar-refractivity contribution in [3.8, 4) is 11.5 Å². The molecule has 0 unspecified atom stereocenters. The minimum atomic E-state index is -1.49. The Morgan fingerprint density at radius 2 is 1.70 bits per heavy atom. The van der Waals surface area contributed by atoms with Crippen LogP contribution in [0.4, 0.5) is 0 Å². The zero-order valence-electron chi connectivity index (χ0n) is 23.7. The molecule has 5 rings (SSSR count). The first-order valence-corrected chi connectivity index (χ1v) is 14.1. The van der Waals surface area contributed by atoms with Gasteiger partial charge < -0.3 is 39.7 Å². The van der Waals surface area contributed by atoms with E-state index in [2.05, 4.69) is 35.0 Å². The number of piperazine rings is 1. The molecule has 5 atom stereocenters. The minimum absolute atomic E-state index is 0.0799. The predicted molar refractivity (Wildman–Crippen MR) is 148 cm³/mol. The molecule has 2 aromatic carbocycles. The Kier molecular flexibility index (Phi) is 8.37. The van der Waals surface area contributed by atoms with E-state index in [0.717, 1.165) is 43.9 Å². The summed E-state index contributed by atoms with van der Waals surface area (Å²) in [5.74, 6) is -0.357. The number of aliphatic hydroxyl groups excluding tert-OH is 3. The quantitative estimate of drug-likeness (QED) is 0.421. The lowest BCUT2D eigenvalue weighted by Crippen LogP contribution is -2.58. The average molecular weight is 556 g/mol. The van der Waals surface area contributed by atoms with E-state index in [1.165, 1.54) is 11.6 Å². The monoisotopic (exact) mass is 555 g/mol. The molecule has 3 heterocycles.